The SMILES string of the molecule is C[C@@H]1C(=O)CCC(c2ccccc2)=C1c1ccccc1. The van der Waals surface area contributed by atoms with Gasteiger partial charge in [-0.05, 0) is 28.7 Å². The van der Waals surface area contributed by atoms with Gasteiger partial charge in [0.2, 0.25) is 0 Å². The van der Waals surface area contributed by atoms with Gasteiger partial charge in [0.15, 0.2) is 0 Å². The summed E-state index contributed by atoms with van der Waals surface area (Å²) in [5, 5.41) is 0. The second-order valence-corrected chi connectivity index (χ2v) is 5.31. The minimum Gasteiger partial charge on any atom is -0.299 e. The van der Waals surface area contributed by atoms with Crippen molar-refractivity contribution in [3.8, 4) is 0 Å². The van der Waals surface area contributed by atoms with E-state index < -0.39 is 0 Å². The fourth-order valence-electron chi connectivity index (χ4n) is 3.00. The Morgan fingerprint density at radius 3 is 1.95 bits per heavy atom. The van der Waals surface area contributed by atoms with Crippen LogP contribution < -0.4 is 0 Å². The van der Waals surface area contributed by atoms with E-state index in [0.717, 1.165) is 6.42 Å². The Labute approximate surface area is 120 Å². The quantitative estimate of drug-likeness (QED) is 0.773. The lowest BCUT2D eigenvalue weighted by atomic mass is 9.77. The predicted molar refractivity (Wildman–Crippen MR) is 83.1 cm³/mol. The summed E-state index contributed by atoms with van der Waals surface area (Å²) in [6.07, 6.45) is 1.50. The molecule has 3 rings (SSSR count). The van der Waals surface area contributed by atoms with E-state index in [0.29, 0.717) is 12.2 Å². The van der Waals surface area contributed by atoms with E-state index in [1.54, 1.807) is 0 Å². The van der Waals surface area contributed by atoms with Gasteiger partial charge in [-0.1, -0.05) is 67.6 Å². The van der Waals surface area contributed by atoms with E-state index in [1.165, 1.54) is 22.3 Å². The summed E-state index contributed by atoms with van der Waals surface area (Å²) in [6, 6.07) is 20.7. The summed E-state index contributed by atoms with van der Waals surface area (Å²) in [7, 11) is 0. The maximum atomic E-state index is 12.1. The average Bonchev–Trinajstić information content (AvgIpc) is 2.51. The van der Waals surface area contributed by atoms with E-state index in [1.807, 2.05) is 31.2 Å². The number of hydrogen-bond donors (Lipinski definition) is 0. The maximum absolute atomic E-state index is 12.1. The normalized spacial score (nSPS) is 19.2. The molecule has 0 radical (unpaired) electrons. The molecule has 1 aliphatic carbocycles. The van der Waals surface area contributed by atoms with E-state index >= 15 is 0 Å². The molecule has 0 heterocycles. The van der Waals surface area contributed by atoms with Crippen molar-refractivity contribution in [2.24, 2.45) is 5.92 Å². The average molecular weight is 262 g/mol. The fraction of sp³-hybridized carbons (Fsp3) is 0.211. The van der Waals surface area contributed by atoms with Gasteiger partial charge in [-0.2, -0.15) is 0 Å². The van der Waals surface area contributed by atoms with Crippen LogP contribution in [-0.2, 0) is 4.79 Å². The molecule has 100 valence electrons. The molecule has 0 aliphatic heterocycles. The molecule has 0 saturated heterocycles. The first kappa shape index (κ1) is 12.9. The zero-order valence-corrected chi connectivity index (χ0v) is 11.7. The van der Waals surface area contributed by atoms with Gasteiger partial charge >= 0.3 is 0 Å². The molecular formula is C19H18O. The molecule has 0 fully saturated rings. The third-order valence-corrected chi connectivity index (χ3v) is 4.07. The highest BCUT2D eigenvalue weighted by molar-refractivity contribution is 6.05. The summed E-state index contributed by atoms with van der Waals surface area (Å²) in [5.41, 5.74) is 4.94. The van der Waals surface area contributed by atoms with Crippen LogP contribution >= 0.6 is 0 Å². The van der Waals surface area contributed by atoms with Gasteiger partial charge in [-0.15, -0.1) is 0 Å². The molecule has 20 heavy (non-hydrogen) atoms. The molecular weight excluding hydrogens is 244 g/mol. The van der Waals surface area contributed by atoms with Gasteiger partial charge in [0.25, 0.3) is 0 Å². The zero-order chi connectivity index (χ0) is 13.9. The summed E-state index contributed by atoms with van der Waals surface area (Å²) in [4.78, 5) is 12.1. The van der Waals surface area contributed by atoms with Crippen LogP contribution in [0.1, 0.15) is 30.9 Å². The van der Waals surface area contributed by atoms with E-state index in [9.17, 15) is 4.79 Å². The molecule has 0 bridgehead atoms. The fourth-order valence-corrected chi connectivity index (χ4v) is 3.00. The highest BCUT2D eigenvalue weighted by Crippen LogP contribution is 2.39. The van der Waals surface area contributed by atoms with Crippen molar-refractivity contribution in [1.29, 1.82) is 0 Å². The second-order valence-electron chi connectivity index (χ2n) is 5.31. The third-order valence-electron chi connectivity index (χ3n) is 4.07. The van der Waals surface area contributed by atoms with E-state index in [-0.39, 0.29) is 5.92 Å². The van der Waals surface area contributed by atoms with Gasteiger partial charge in [0.05, 0.1) is 0 Å². The monoisotopic (exact) mass is 262 g/mol. The van der Waals surface area contributed by atoms with Crippen molar-refractivity contribution in [1.82, 2.24) is 0 Å². The van der Waals surface area contributed by atoms with Crippen molar-refractivity contribution in [2.75, 3.05) is 0 Å². The summed E-state index contributed by atoms with van der Waals surface area (Å²) in [6.45, 7) is 2.03. The van der Waals surface area contributed by atoms with Crippen LogP contribution in [0.25, 0.3) is 11.1 Å². The lowest BCUT2D eigenvalue weighted by molar-refractivity contribution is -0.120. The number of rotatable bonds is 2. The first-order valence-electron chi connectivity index (χ1n) is 7.14. The smallest absolute Gasteiger partial charge is 0.140 e. The molecule has 0 spiro atoms. The Balaban J connectivity index is 2.19. The van der Waals surface area contributed by atoms with Crippen LogP contribution in [0.15, 0.2) is 60.7 Å². The Kier molecular flexibility index (Phi) is 3.51. The highest BCUT2D eigenvalue weighted by Gasteiger charge is 2.27. The Bertz CT molecular complexity index is 638. The van der Waals surface area contributed by atoms with Crippen molar-refractivity contribution < 1.29 is 4.79 Å². The number of allylic oxidation sites excluding steroid dienone is 2. The molecule has 1 atom stereocenters. The Morgan fingerprint density at radius 2 is 1.35 bits per heavy atom. The van der Waals surface area contributed by atoms with Crippen molar-refractivity contribution in [3.63, 3.8) is 0 Å². The topological polar surface area (TPSA) is 17.1 Å². The minimum atomic E-state index is -0.0126. The van der Waals surface area contributed by atoms with Gasteiger partial charge in [-0.3, -0.25) is 4.79 Å². The van der Waals surface area contributed by atoms with Crippen LogP contribution in [0.4, 0.5) is 0 Å². The van der Waals surface area contributed by atoms with Gasteiger partial charge in [0, 0.05) is 12.3 Å². The van der Waals surface area contributed by atoms with Gasteiger partial charge in [0.1, 0.15) is 5.78 Å². The van der Waals surface area contributed by atoms with Crippen LogP contribution in [0.3, 0.4) is 0 Å². The molecule has 1 heteroatoms. The predicted octanol–water partition coefficient (Wildman–Crippen LogP) is 4.60. The van der Waals surface area contributed by atoms with Crippen LogP contribution in [0, 0.1) is 5.92 Å². The lowest BCUT2D eigenvalue weighted by Gasteiger charge is -2.26. The first-order valence-corrected chi connectivity index (χ1v) is 7.14. The van der Waals surface area contributed by atoms with E-state index in [4.69, 9.17) is 0 Å². The molecule has 1 aliphatic rings. The highest BCUT2D eigenvalue weighted by atomic mass is 16.1. The van der Waals surface area contributed by atoms with Gasteiger partial charge < -0.3 is 0 Å². The standard InChI is InChI=1S/C19H18O/c1-14-18(20)13-12-17(15-8-4-2-5-9-15)19(14)16-10-6-3-7-11-16/h2-11,14H,12-13H2,1H3/t14-/m1/s1. The number of ketones is 1. The number of carbonyl (C=O) groups excluding carboxylic acids is 1. The number of hydrogen-bond acceptors (Lipinski definition) is 1. The molecule has 1 nitrogen and oxygen atoms in total. The molecule has 2 aromatic rings. The second kappa shape index (κ2) is 5.46. The molecule has 0 unspecified atom stereocenters. The molecule has 0 N–H and O–H groups in total. The van der Waals surface area contributed by atoms with Crippen molar-refractivity contribution in [3.05, 3.63) is 71.8 Å². The van der Waals surface area contributed by atoms with Crippen LogP contribution in [0.2, 0.25) is 0 Å². The molecule has 0 aromatic heterocycles. The largest absolute Gasteiger partial charge is 0.299 e. The number of carbonyl (C=O) groups is 1. The van der Waals surface area contributed by atoms with Gasteiger partial charge in [-0.25, -0.2) is 0 Å². The molecule has 2 aromatic carbocycles. The minimum absolute atomic E-state index is 0.0126. The molecule has 0 amide bonds. The first-order chi connectivity index (χ1) is 9.77. The zero-order valence-electron chi connectivity index (χ0n) is 11.7. The summed E-state index contributed by atoms with van der Waals surface area (Å²) < 4.78 is 0. The number of benzene rings is 2. The third kappa shape index (κ3) is 2.32. The summed E-state index contributed by atoms with van der Waals surface area (Å²) in [5.74, 6) is 0.338. The number of Topliss-reactive ketones (excluding diaryl/α,β-unsaturated/α-hetero) is 1. The van der Waals surface area contributed by atoms with Crippen molar-refractivity contribution >= 4 is 16.9 Å². The Hall–Kier alpha value is -2.15. The van der Waals surface area contributed by atoms with Crippen LogP contribution in [-0.4, -0.2) is 5.78 Å². The van der Waals surface area contributed by atoms with Crippen molar-refractivity contribution in [2.45, 2.75) is 19.8 Å². The summed E-state index contributed by atoms with van der Waals surface area (Å²) >= 11 is 0. The lowest BCUT2D eigenvalue weighted by Crippen LogP contribution is -2.19. The van der Waals surface area contributed by atoms with Crippen LogP contribution in [0.5, 0.6) is 0 Å². The Morgan fingerprint density at radius 1 is 0.800 bits per heavy atom. The van der Waals surface area contributed by atoms with E-state index in [2.05, 4.69) is 36.4 Å². The molecule has 0 saturated carbocycles. The maximum Gasteiger partial charge on any atom is 0.140 e.